The normalized spacial score (nSPS) is 11.6. The average Bonchev–Trinajstić information content (AvgIpc) is 2.61. The van der Waals surface area contributed by atoms with Crippen LogP contribution in [0.5, 0.6) is 5.75 Å². The molecule has 0 unspecified atom stereocenters. The number of carbonyl (C=O) groups is 2. The molecule has 0 aliphatic heterocycles. The van der Waals surface area contributed by atoms with E-state index in [1.54, 1.807) is 31.2 Å². The first-order valence-corrected chi connectivity index (χ1v) is 8.36. The first-order chi connectivity index (χ1) is 12.5. The number of hydrogen-bond acceptors (Lipinski definition) is 3. The van der Waals surface area contributed by atoms with Crippen LogP contribution in [0, 0.1) is 0 Å². The fourth-order valence-corrected chi connectivity index (χ4v) is 2.66. The summed E-state index contributed by atoms with van der Waals surface area (Å²) in [6.07, 6.45) is -0.676. The molecule has 3 aromatic carbocycles. The number of carbonyl (C=O) groups excluding carboxylic acids is 2. The maximum Gasteiger partial charge on any atom is 0.265 e. The molecule has 26 heavy (non-hydrogen) atoms. The molecule has 2 amide bonds. The smallest absolute Gasteiger partial charge is 0.265 e. The second-order valence-electron chi connectivity index (χ2n) is 5.99. The topological polar surface area (TPSA) is 67.4 Å². The largest absolute Gasteiger partial charge is 0.480 e. The molecule has 3 aromatic rings. The van der Waals surface area contributed by atoms with Gasteiger partial charge in [0, 0.05) is 23.7 Å². The monoisotopic (exact) mass is 348 g/mol. The van der Waals surface area contributed by atoms with Crippen molar-refractivity contribution in [2.75, 3.05) is 10.6 Å². The molecule has 5 nitrogen and oxygen atoms in total. The number of ether oxygens (including phenoxy) is 1. The fourth-order valence-electron chi connectivity index (χ4n) is 2.66. The van der Waals surface area contributed by atoms with Crippen LogP contribution in [0.3, 0.4) is 0 Å². The van der Waals surface area contributed by atoms with E-state index in [9.17, 15) is 9.59 Å². The van der Waals surface area contributed by atoms with E-state index in [1.165, 1.54) is 6.92 Å². The highest BCUT2D eigenvalue weighted by molar-refractivity contribution is 5.96. The molecule has 5 heteroatoms. The summed E-state index contributed by atoms with van der Waals surface area (Å²) in [5.41, 5.74) is 1.22. The Hall–Kier alpha value is -3.34. The minimum absolute atomic E-state index is 0.166. The third-order valence-electron chi connectivity index (χ3n) is 3.87. The lowest BCUT2D eigenvalue weighted by molar-refractivity contribution is -0.122. The molecule has 0 saturated carbocycles. The van der Waals surface area contributed by atoms with E-state index in [2.05, 4.69) is 10.6 Å². The van der Waals surface area contributed by atoms with Gasteiger partial charge in [0.15, 0.2) is 6.10 Å². The second-order valence-corrected chi connectivity index (χ2v) is 5.99. The van der Waals surface area contributed by atoms with Crippen LogP contribution in [0.4, 0.5) is 11.4 Å². The molecule has 0 bridgehead atoms. The predicted molar refractivity (Wildman–Crippen MR) is 103 cm³/mol. The van der Waals surface area contributed by atoms with Crippen LogP contribution in [0.2, 0.25) is 0 Å². The minimum Gasteiger partial charge on any atom is -0.480 e. The van der Waals surface area contributed by atoms with Crippen molar-refractivity contribution >= 4 is 34.0 Å². The molecule has 2 N–H and O–H groups in total. The summed E-state index contributed by atoms with van der Waals surface area (Å²) >= 11 is 0. The van der Waals surface area contributed by atoms with Gasteiger partial charge in [-0.2, -0.15) is 0 Å². The van der Waals surface area contributed by atoms with Crippen molar-refractivity contribution in [1.29, 1.82) is 0 Å². The van der Waals surface area contributed by atoms with Crippen molar-refractivity contribution in [3.05, 3.63) is 66.7 Å². The molecule has 0 heterocycles. The molecular weight excluding hydrogens is 328 g/mol. The lowest BCUT2D eigenvalue weighted by atomic mass is 10.1. The second kappa shape index (κ2) is 7.70. The van der Waals surface area contributed by atoms with E-state index in [1.807, 2.05) is 42.5 Å². The van der Waals surface area contributed by atoms with Crippen LogP contribution in [0.15, 0.2) is 66.7 Å². The van der Waals surface area contributed by atoms with Crippen molar-refractivity contribution in [3.63, 3.8) is 0 Å². The standard InChI is InChI=1S/C21H20N2O3/c1-14(26-20-12-5-8-16-7-3-4-11-19(16)20)21(25)23-18-10-6-9-17(13-18)22-15(2)24/h3-14H,1-2H3,(H,22,24)(H,23,25)/t14-/m1/s1. The zero-order valence-corrected chi connectivity index (χ0v) is 14.7. The number of anilines is 2. The molecule has 0 fully saturated rings. The summed E-state index contributed by atoms with van der Waals surface area (Å²) in [5, 5.41) is 7.51. The number of benzene rings is 3. The van der Waals surface area contributed by atoms with E-state index >= 15 is 0 Å². The quantitative estimate of drug-likeness (QED) is 0.726. The summed E-state index contributed by atoms with van der Waals surface area (Å²) in [4.78, 5) is 23.6. The van der Waals surface area contributed by atoms with Crippen molar-refractivity contribution in [2.24, 2.45) is 0 Å². The number of amides is 2. The number of rotatable bonds is 5. The summed E-state index contributed by atoms with van der Waals surface area (Å²) < 4.78 is 5.87. The summed E-state index contributed by atoms with van der Waals surface area (Å²) in [6, 6.07) is 20.6. The maximum atomic E-state index is 12.5. The van der Waals surface area contributed by atoms with Crippen molar-refractivity contribution in [1.82, 2.24) is 0 Å². The van der Waals surface area contributed by atoms with Gasteiger partial charge in [-0.15, -0.1) is 0 Å². The third-order valence-corrected chi connectivity index (χ3v) is 3.87. The highest BCUT2D eigenvalue weighted by atomic mass is 16.5. The van der Waals surface area contributed by atoms with Gasteiger partial charge >= 0.3 is 0 Å². The molecule has 0 aliphatic carbocycles. The Morgan fingerprint density at radius 3 is 2.31 bits per heavy atom. The van der Waals surface area contributed by atoms with E-state index in [4.69, 9.17) is 4.74 Å². The van der Waals surface area contributed by atoms with E-state index in [-0.39, 0.29) is 11.8 Å². The van der Waals surface area contributed by atoms with Crippen LogP contribution in [-0.4, -0.2) is 17.9 Å². The van der Waals surface area contributed by atoms with Crippen LogP contribution in [-0.2, 0) is 9.59 Å². The minimum atomic E-state index is -0.676. The highest BCUT2D eigenvalue weighted by Gasteiger charge is 2.16. The van der Waals surface area contributed by atoms with Crippen LogP contribution in [0.25, 0.3) is 10.8 Å². The van der Waals surface area contributed by atoms with Gasteiger partial charge in [-0.25, -0.2) is 0 Å². The van der Waals surface area contributed by atoms with Gasteiger partial charge in [0.25, 0.3) is 5.91 Å². The van der Waals surface area contributed by atoms with Crippen molar-refractivity contribution in [2.45, 2.75) is 20.0 Å². The third kappa shape index (κ3) is 4.19. The van der Waals surface area contributed by atoms with E-state index < -0.39 is 6.10 Å². The van der Waals surface area contributed by atoms with Gasteiger partial charge in [-0.3, -0.25) is 9.59 Å². The zero-order chi connectivity index (χ0) is 18.5. The first kappa shape index (κ1) is 17.5. The Labute approximate surface area is 152 Å². The zero-order valence-electron chi connectivity index (χ0n) is 14.7. The molecule has 0 aromatic heterocycles. The lowest BCUT2D eigenvalue weighted by Crippen LogP contribution is -2.30. The Balaban J connectivity index is 1.71. The SMILES string of the molecule is CC(=O)Nc1cccc(NC(=O)[C@@H](C)Oc2cccc3ccccc23)c1. The van der Waals surface area contributed by atoms with Gasteiger partial charge in [0.2, 0.25) is 5.91 Å². The Morgan fingerprint density at radius 2 is 1.54 bits per heavy atom. The maximum absolute atomic E-state index is 12.5. The van der Waals surface area contributed by atoms with Gasteiger partial charge in [0.05, 0.1) is 0 Å². The van der Waals surface area contributed by atoms with Gasteiger partial charge < -0.3 is 15.4 Å². The van der Waals surface area contributed by atoms with Crippen LogP contribution >= 0.6 is 0 Å². The predicted octanol–water partition coefficient (Wildman–Crippen LogP) is 4.20. The number of fused-ring (bicyclic) bond motifs is 1. The Morgan fingerprint density at radius 1 is 0.885 bits per heavy atom. The molecule has 3 rings (SSSR count). The average molecular weight is 348 g/mol. The van der Waals surface area contributed by atoms with Crippen molar-refractivity contribution in [3.8, 4) is 5.75 Å². The Kier molecular flexibility index (Phi) is 5.17. The van der Waals surface area contributed by atoms with Crippen LogP contribution in [0.1, 0.15) is 13.8 Å². The summed E-state index contributed by atoms with van der Waals surface area (Å²) in [6.45, 7) is 3.14. The van der Waals surface area contributed by atoms with Gasteiger partial charge in [-0.1, -0.05) is 42.5 Å². The fraction of sp³-hybridized carbons (Fsp3) is 0.143. The molecule has 0 spiro atoms. The van der Waals surface area contributed by atoms with Crippen LogP contribution < -0.4 is 15.4 Å². The molecule has 0 aliphatic rings. The summed E-state index contributed by atoms with van der Waals surface area (Å²) in [7, 11) is 0. The van der Waals surface area contributed by atoms with Gasteiger partial charge in [-0.05, 0) is 36.6 Å². The Bertz CT molecular complexity index is 947. The van der Waals surface area contributed by atoms with Crippen molar-refractivity contribution < 1.29 is 14.3 Å². The molecule has 0 saturated heterocycles. The molecular formula is C21H20N2O3. The molecule has 1 atom stereocenters. The molecule has 132 valence electrons. The van der Waals surface area contributed by atoms with E-state index in [0.717, 1.165) is 10.8 Å². The van der Waals surface area contributed by atoms with E-state index in [0.29, 0.717) is 17.1 Å². The lowest BCUT2D eigenvalue weighted by Gasteiger charge is -2.16. The molecule has 0 radical (unpaired) electrons. The number of nitrogens with one attached hydrogen (secondary N) is 2. The number of hydrogen-bond donors (Lipinski definition) is 2. The summed E-state index contributed by atoms with van der Waals surface area (Å²) in [5.74, 6) is 0.233. The van der Waals surface area contributed by atoms with Gasteiger partial charge in [0.1, 0.15) is 5.75 Å². The highest BCUT2D eigenvalue weighted by Crippen LogP contribution is 2.26. The first-order valence-electron chi connectivity index (χ1n) is 8.36.